The van der Waals surface area contributed by atoms with Gasteiger partial charge in [0, 0.05) is 31.9 Å². The molecule has 0 aromatic heterocycles. The van der Waals surface area contributed by atoms with Gasteiger partial charge < -0.3 is 15.1 Å². The van der Waals surface area contributed by atoms with E-state index in [1.807, 2.05) is 0 Å². The van der Waals surface area contributed by atoms with Gasteiger partial charge in [-0.15, -0.1) is 0 Å². The minimum absolute atomic E-state index is 1.05. The first kappa shape index (κ1) is 13.4. The van der Waals surface area contributed by atoms with E-state index in [2.05, 4.69) is 54.5 Å². The van der Waals surface area contributed by atoms with Gasteiger partial charge in [-0.2, -0.15) is 0 Å². The number of nitrogens with zero attached hydrogens (tertiary/aromatic N) is 2. The lowest BCUT2D eigenvalue weighted by atomic mass is 9.97. The summed E-state index contributed by atoms with van der Waals surface area (Å²) >= 11 is 0. The van der Waals surface area contributed by atoms with E-state index in [0.29, 0.717) is 0 Å². The van der Waals surface area contributed by atoms with E-state index in [4.69, 9.17) is 0 Å². The summed E-state index contributed by atoms with van der Waals surface area (Å²) in [5.41, 5.74) is 4.36. The zero-order valence-corrected chi connectivity index (χ0v) is 11.9. The van der Waals surface area contributed by atoms with Gasteiger partial charge in [0.2, 0.25) is 0 Å². The second-order valence-electron chi connectivity index (χ2n) is 5.51. The molecule has 0 radical (unpaired) electrons. The van der Waals surface area contributed by atoms with Gasteiger partial charge in [0.1, 0.15) is 0 Å². The lowest BCUT2D eigenvalue weighted by molar-refractivity contribution is 0.275. The Kier molecular flexibility index (Phi) is 4.61. The van der Waals surface area contributed by atoms with Crippen LogP contribution in [-0.2, 0) is 13.0 Å². The molecule has 1 heterocycles. The standard InChI is InChI=1S/C15H25N3/c1-17(2)10-11-18(3)12-13-6-4-8-15-14(13)7-5-9-16-15/h4,6,8,16H,5,7,9-12H2,1-3H3. The predicted molar refractivity (Wildman–Crippen MR) is 78.1 cm³/mol. The number of likely N-dealkylation sites (N-methyl/N-ethyl adjacent to an activating group) is 2. The van der Waals surface area contributed by atoms with Crippen LogP contribution in [0, 0.1) is 0 Å². The van der Waals surface area contributed by atoms with Gasteiger partial charge in [-0.05, 0) is 51.2 Å². The third-order valence-corrected chi connectivity index (χ3v) is 3.56. The Labute approximate surface area is 111 Å². The number of anilines is 1. The molecule has 1 aromatic carbocycles. The first-order valence-corrected chi connectivity index (χ1v) is 6.85. The van der Waals surface area contributed by atoms with Crippen LogP contribution in [0.2, 0.25) is 0 Å². The van der Waals surface area contributed by atoms with Crippen molar-refractivity contribution in [2.75, 3.05) is 46.1 Å². The van der Waals surface area contributed by atoms with Crippen molar-refractivity contribution < 1.29 is 0 Å². The Morgan fingerprint density at radius 1 is 1.17 bits per heavy atom. The maximum absolute atomic E-state index is 3.50. The summed E-state index contributed by atoms with van der Waals surface area (Å²) in [6.45, 7) is 4.40. The zero-order chi connectivity index (χ0) is 13.0. The monoisotopic (exact) mass is 247 g/mol. The Morgan fingerprint density at radius 3 is 2.78 bits per heavy atom. The van der Waals surface area contributed by atoms with E-state index in [0.717, 1.165) is 26.2 Å². The molecule has 0 saturated heterocycles. The molecule has 0 spiro atoms. The molecule has 3 nitrogen and oxygen atoms in total. The molecule has 100 valence electrons. The van der Waals surface area contributed by atoms with E-state index in [1.165, 1.54) is 29.7 Å². The second-order valence-corrected chi connectivity index (χ2v) is 5.51. The molecule has 0 aliphatic carbocycles. The number of rotatable bonds is 5. The van der Waals surface area contributed by atoms with Crippen LogP contribution in [-0.4, -0.2) is 50.6 Å². The predicted octanol–water partition coefficient (Wildman–Crippen LogP) is 2.04. The van der Waals surface area contributed by atoms with Crippen LogP contribution >= 0.6 is 0 Å². The lowest BCUT2D eigenvalue weighted by Crippen LogP contribution is -2.29. The highest BCUT2D eigenvalue weighted by Crippen LogP contribution is 2.25. The summed E-state index contributed by atoms with van der Waals surface area (Å²) in [6.07, 6.45) is 2.48. The Morgan fingerprint density at radius 2 is 2.00 bits per heavy atom. The van der Waals surface area contributed by atoms with E-state index < -0.39 is 0 Å². The van der Waals surface area contributed by atoms with Gasteiger partial charge in [0.15, 0.2) is 0 Å². The normalized spacial score (nSPS) is 14.7. The molecule has 0 saturated carbocycles. The molecular weight excluding hydrogens is 222 g/mol. The van der Waals surface area contributed by atoms with Crippen LogP contribution in [0.5, 0.6) is 0 Å². The summed E-state index contributed by atoms with van der Waals surface area (Å²) in [7, 11) is 6.46. The van der Waals surface area contributed by atoms with Crippen molar-refractivity contribution >= 4 is 5.69 Å². The number of benzene rings is 1. The quantitative estimate of drug-likeness (QED) is 0.859. The molecule has 1 N–H and O–H groups in total. The molecular formula is C15H25N3. The third kappa shape index (κ3) is 3.47. The van der Waals surface area contributed by atoms with Gasteiger partial charge in [-0.25, -0.2) is 0 Å². The average molecular weight is 247 g/mol. The highest BCUT2D eigenvalue weighted by Gasteiger charge is 2.13. The van der Waals surface area contributed by atoms with Crippen molar-refractivity contribution in [1.29, 1.82) is 0 Å². The summed E-state index contributed by atoms with van der Waals surface area (Å²) in [4.78, 5) is 4.64. The van der Waals surface area contributed by atoms with Crippen LogP contribution in [0.3, 0.4) is 0 Å². The van der Waals surface area contributed by atoms with Crippen LogP contribution in [0.25, 0.3) is 0 Å². The van der Waals surface area contributed by atoms with Crippen molar-refractivity contribution in [3.05, 3.63) is 29.3 Å². The fourth-order valence-corrected chi connectivity index (χ4v) is 2.47. The third-order valence-electron chi connectivity index (χ3n) is 3.56. The highest BCUT2D eigenvalue weighted by atomic mass is 15.1. The Balaban J connectivity index is 2.00. The maximum atomic E-state index is 3.50. The first-order valence-electron chi connectivity index (χ1n) is 6.85. The lowest BCUT2D eigenvalue weighted by Gasteiger charge is -2.24. The molecule has 1 aliphatic rings. The van der Waals surface area contributed by atoms with Crippen LogP contribution in [0.1, 0.15) is 17.5 Å². The maximum Gasteiger partial charge on any atom is 0.0375 e. The van der Waals surface area contributed by atoms with E-state index in [-0.39, 0.29) is 0 Å². The number of nitrogens with one attached hydrogen (secondary N) is 1. The van der Waals surface area contributed by atoms with Gasteiger partial charge in [-0.1, -0.05) is 12.1 Å². The van der Waals surface area contributed by atoms with Crippen molar-refractivity contribution in [2.45, 2.75) is 19.4 Å². The number of fused-ring (bicyclic) bond motifs is 1. The fourth-order valence-electron chi connectivity index (χ4n) is 2.47. The molecule has 2 rings (SSSR count). The van der Waals surface area contributed by atoms with Gasteiger partial charge in [-0.3, -0.25) is 0 Å². The van der Waals surface area contributed by atoms with E-state index in [9.17, 15) is 0 Å². The minimum Gasteiger partial charge on any atom is -0.385 e. The van der Waals surface area contributed by atoms with E-state index >= 15 is 0 Å². The highest BCUT2D eigenvalue weighted by molar-refractivity contribution is 5.56. The smallest absolute Gasteiger partial charge is 0.0375 e. The molecule has 0 fully saturated rings. The largest absolute Gasteiger partial charge is 0.385 e. The summed E-state index contributed by atoms with van der Waals surface area (Å²) < 4.78 is 0. The SMILES string of the molecule is CN(C)CCN(C)Cc1cccc2c1CCCN2. The second kappa shape index (κ2) is 6.21. The first-order chi connectivity index (χ1) is 8.66. The summed E-state index contributed by atoms with van der Waals surface area (Å²) in [5.74, 6) is 0. The Bertz CT molecular complexity index is 387. The van der Waals surface area contributed by atoms with Crippen molar-refractivity contribution in [3.63, 3.8) is 0 Å². The molecule has 1 aromatic rings. The molecule has 3 heteroatoms. The zero-order valence-electron chi connectivity index (χ0n) is 11.9. The number of hydrogen-bond acceptors (Lipinski definition) is 3. The topological polar surface area (TPSA) is 18.5 Å². The Hall–Kier alpha value is -1.06. The van der Waals surface area contributed by atoms with Crippen molar-refractivity contribution in [1.82, 2.24) is 9.80 Å². The van der Waals surface area contributed by atoms with Gasteiger partial charge >= 0.3 is 0 Å². The summed E-state index contributed by atoms with van der Waals surface area (Å²) in [5, 5.41) is 3.50. The molecule has 0 atom stereocenters. The molecule has 1 aliphatic heterocycles. The number of hydrogen-bond donors (Lipinski definition) is 1. The average Bonchev–Trinajstić information content (AvgIpc) is 2.37. The molecule has 18 heavy (non-hydrogen) atoms. The molecule has 0 amide bonds. The van der Waals surface area contributed by atoms with Crippen LogP contribution in [0.15, 0.2) is 18.2 Å². The van der Waals surface area contributed by atoms with Gasteiger partial charge in [0.05, 0.1) is 0 Å². The van der Waals surface area contributed by atoms with Crippen molar-refractivity contribution in [3.8, 4) is 0 Å². The molecule has 0 unspecified atom stereocenters. The fraction of sp³-hybridized carbons (Fsp3) is 0.600. The van der Waals surface area contributed by atoms with Crippen molar-refractivity contribution in [2.24, 2.45) is 0 Å². The van der Waals surface area contributed by atoms with Crippen LogP contribution in [0.4, 0.5) is 5.69 Å². The van der Waals surface area contributed by atoms with E-state index in [1.54, 1.807) is 0 Å². The van der Waals surface area contributed by atoms with Crippen LogP contribution < -0.4 is 5.32 Å². The van der Waals surface area contributed by atoms with Gasteiger partial charge in [0.25, 0.3) is 0 Å². The molecule has 0 bridgehead atoms. The summed E-state index contributed by atoms with van der Waals surface area (Å²) in [6, 6.07) is 6.65. The minimum atomic E-state index is 1.05.